The highest BCUT2D eigenvalue weighted by Gasteiger charge is 2.11. The highest BCUT2D eigenvalue weighted by Crippen LogP contribution is 2.17. The summed E-state index contributed by atoms with van der Waals surface area (Å²) in [5.41, 5.74) is 12.3. The van der Waals surface area contributed by atoms with Crippen molar-refractivity contribution < 1.29 is 0 Å². The van der Waals surface area contributed by atoms with Crippen molar-refractivity contribution in [2.75, 3.05) is 30.0 Å². The van der Waals surface area contributed by atoms with E-state index in [0.717, 1.165) is 12.1 Å². The maximum Gasteiger partial charge on any atom is 0.223 e. The van der Waals surface area contributed by atoms with Crippen molar-refractivity contribution in [3.8, 4) is 6.07 Å². The number of hydrogen-bond acceptors (Lipinski definition) is 7. The molecule has 5 N–H and O–H groups in total. The summed E-state index contributed by atoms with van der Waals surface area (Å²) in [7, 11) is 1.88. The van der Waals surface area contributed by atoms with Crippen molar-refractivity contribution in [3.63, 3.8) is 0 Å². The van der Waals surface area contributed by atoms with Crippen LogP contribution in [0.3, 0.4) is 0 Å². The third-order valence-corrected chi connectivity index (χ3v) is 3.18. The molecular formula is C12H15ClN8. The normalized spacial score (nSPS) is 10.3. The molecule has 21 heavy (non-hydrogen) atoms. The largest absolute Gasteiger partial charge is 0.381 e. The van der Waals surface area contributed by atoms with Crippen molar-refractivity contribution in [3.05, 3.63) is 22.5 Å². The van der Waals surface area contributed by atoms with E-state index in [1.54, 1.807) is 6.07 Å². The second-order valence-electron chi connectivity index (χ2n) is 4.51. The second kappa shape index (κ2) is 6.28. The van der Waals surface area contributed by atoms with Crippen molar-refractivity contribution in [1.29, 1.82) is 5.26 Å². The monoisotopic (exact) mass is 306 g/mol. The SMILES string of the molecule is CN(CCCc1[nH]nc(N)c1C#N)c1cc(Cl)nc(N)n1. The van der Waals surface area contributed by atoms with Crippen LogP contribution in [0.25, 0.3) is 0 Å². The Morgan fingerprint density at radius 1 is 1.43 bits per heavy atom. The van der Waals surface area contributed by atoms with Crippen LogP contribution in [0.2, 0.25) is 5.15 Å². The molecule has 0 amide bonds. The number of anilines is 3. The smallest absolute Gasteiger partial charge is 0.223 e. The Balaban J connectivity index is 1.95. The van der Waals surface area contributed by atoms with Gasteiger partial charge in [0.25, 0.3) is 0 Å². The second-order valence-corrected chi connectivity index (χ2v) is 4.89. The zero-order valence-corrected chi connectivity index (χ0v) is 12.2. The maximum atomic E-state index is 8.99. The van der Waals surface area contributed by atoms with Crippen LogP contribution < -0.4 is 16.4 Å². The van der Waals surface area contributed by atoms with E-state index >= 15 is 0 Å². The first-order valence-electron chi connectivity index (χ1n) is 6.25. The summed E-state index contributed by atoms with van der Waals surface area (Å²) in [4.78, 5) is 9.84. The molecule has 110 valence electrons. The van der Waals surface area contributed by atoms with Gasteiger partial charge in [0.1, 0.15) is 22.6 Å². The topological polar surface area (TPSA) is 134 Å². The standard InChI is InChI=1S/C12H15ClN8/c1-21(10-5-9(13)17-12(16)18-10)4-2-3-8-7(6-14)11(15)20-19-8/h5H,2-4H2,1H3,(H3,15,19,20)(H2,16,17,18). The van der Waals surface area contributed by atoms with Gasteiger partial charge in [-0.2, -0.15) is 15.3 Å². The number of nitrogens with two attached hydrogens (primary N) is 2. The van der Waals surface area contributed by atoms with Crippen LogP contribution in [-0.4, -0.2) is 33.8 Å². The van der Waals surface area contributed by atoms with Gasteiger partial charge in [0.15, 0.2) is 5.82 Å². The van der Waals surface area contributed by atoms with Gasteiger partial charge in [0.2, 0.25) is 5.95 Å². The molecule has 0 unspecified atom stereocenters. The van der Waals surface area contributed by atoms with E-state index in [0.29, 0.717) is 29.5 Å². The fourth-order valence-corrected chi connectivity index (χ4v) is 2.11. The molecule has 2 heterocycles. The molecule has 0 fully saturated rings. The highest BCUT2D eigenvalue weighted by molar-refractivity contribution is 6.29. The summed E-state index contributed by atoms with van der Waals surface area (Å²) in [6.07, 6.45) is 1.44. The Bertz CT molecular complexity index is 654. The van der Waals surface area contributed by atoms with Crippen LogP contribution in [0.15, 0.2) is 6.07 Å². The van der Waals surface area contributed by atoms with Gasteiger partial charge in [-0.3, -0.25) is 5.10 Å². The fourth-order valence-electron chi connectivity index (χ4n) is 1.93. The van der Waals surface area contributed by atoms with Crippen LogP contribution in [0, 0.1) is 11.3 Å². The number of aromatic amines is 1. The highest BCUT2D eigenvalue weighted by atomic mass is 35.5. The van der Waals surface area contributed by atoms with E-state index in [2.05, 4.69) is 20.2 Å². The lowest BCUT2D eigenvalue weighted by Crippen LogP contribution is -2.21. The van der Waals surface area contributed by atoms with Crippen LogP contribution >= 0.6 is 11.6 Å². The van der Waals surface area contributed by atoms with Gasteiger partial charge < -0.3 is 16.4 Å². The quantitative estimate of drug-likeness (QED) is 0.700. The lowest BCUT2D eigenvalue weighted by atomic mass is 10.1. The lowest BCUT2D eigenvalue weighted by Gasteiger charge is -2.18. The molecular weight excluding hydrogens is 292 g/mol. The number of aromatic nitrogens is 4. The molecule has 2 aromatic rings. The summed E-state index contributed by atoms with van der Waals surface area (Å²) >= 11 is 5.85. The van der Waals surface area contributed by atoms with Crippen molar-refractivity contribution in [1.82, 2.24) is 20.2 Å². The molecule has 0 saturated carbocycles. The number of nitrogen functional groups attached to an aromatic ring is 2. The number of nitriles is 1. The number of nitrogens with zero attached hydrogens (tertiary/aromatic N) is 5. The molecule has 0 atom stereocenters. The Kier molecular flexibility index (Phi) is 4.45. The van der Waals surface area contributed by atoms with Crippen LogP contribution in [-0.2, 0) is 6.42 Å². The molecule has 0 radical (unpaired) electrons. The van der Waals surface area contributed by atoms with Gasteiger partial charge >= 0.3 is 0 Å². The Morgan fingerprint density at radius 3 is 2.86 bits per heavy atom. The average molecular weight is 307 g/mol. The van der Waals surface area contributed by atoms with Crippen LogP contribution in [0.5, 0.6) is 0 Å². The van der Waals surface area contributed by atoms with E-state index in [9.17, 15) is 0 Å². The minimum absolute atomic E-state index is 0.137. The summed E-state index contributed by atoms with van der Waals surface area (Å²) in [6, 6.07) is 3.69. The molecule has 0 aliphatic carbocycles. The molecule has 0 aliphatic rings. The molecule has 0 spiro atoms. The van der Waals surface area contributed by atoms with E-state index < -0.39 is 0 Å². The van der Waals surface area contributed by atoms with Gasteiger partial charge in [-0.15, -0.1) is 0 Å². The number of halogens is 1. The molecule has 8 nitrogen and oxygen atoms in total. The third-order valence-electron chi connectivity index (χ3n) is 2.99. The Morgan fingerprint density at radius 2 is 2.19 bits per heavy atom. The number of H-pyrrole nitrogens is 1. The van der Waals surface area contributed by atoms with Gasteiger partial charge in [0.05, 0.1) is 5.69 Å². The summed E-state index contributed by atoms with van der Waals surface area (Å²) in [6.45, 7) is 0.705. The van der Waals surface area contributed by atoms with Gasteiger partial charge in [-0.05, 0) is 12.8 Å². The average Bonchev–Trinajstić information content (AvgIpc) is 2.78. The van der Waals surface area contributed by atoms with Gasteiger partial charge in [-0.25, -0.2) is 4.98 Å². The molecule has 2 aromatic heterocycles. The number of rotatable bonds is 5. The van der Waals surface area contributed by atoms with E-state index in [4.69, 9.17) is 28.3 Å². The molecule has 2 rings (SSSR count). The van der Waals surface area contributed by atoms with Crippen LogP contribution in [0.4, 0.5) is 17.6 Å². The number of hydrogen-bond donors (Lipinski definition) is 3. The van der Waals surface area contributed by atoms with E-state index in [1.165, 1.54) is 0 Å². The number of aryl methyl sites for hydroxylation is 1. The predicted molar refractivity (Wildman–Crippen MR) is 80.8 cm³/mol. The number of nitrogens with one attached hydrogen (secondary N) is 1. The lowest BCUT2D eigenvalue weighted by molar-refractivity contribution is 0.759. The van der Waals surface area contributed by atoms with Gasteiger partial charge in [-0.1, -0.05) is 11.6 Å². The molecule has 0 aliphatic heterocycles. The predicted octanol–water partition coefficient (Wildman–Crippen LogP) is 0.958. The summed E-state index contributed by atoms with van der Waals surface area (Å²) < 4.78 is 0. The molecule has 9 heteroatoms. The zero-order valence-electron chi connectivity index (χ0n) is 11.5. The fraction of sp³-hybridized carbons (Fsp3) is 0.333. The van der Waals surface area contributed by atoms with Gasteiger partial charge in [0, 0.05) is 19.7 Å². The van der Waals surface area contributed by atoms with Crippen molar-refractivity contribution in [2.24, 2.45) is 0 Å². The van der Waals surface area contributed by atoms with Crippen molar-refractivity contribution in [2.45, 2.75) is 12.8 Å². The summed E-state index contributed by atoms with van der Waals surface area (Å²) in [5.74, 6) is 1.02. The first-order chi connectivity index (χ1) is 10.0. The van der Waals surface area contributed by atoms with E-state index in [-0.39, 0.29) is 11.8 Å². The molecule has 0 bridgehead atoms. The minimum Gasteiger partial charge on any atom is -0.381 e. The first kappa shape index (κ1) is 14.9. The zero-order chi connectivity index (χ0) is 15.4. The summed E-state index contributed by atoms with van der Waals surface area (Å²) in [5, 5.41) is 15.9. The van der Waals surface area contributed by atoms with E-state index in [1.807, 2.05) is 18.0 Å². The minimum atomic E-state index is 0.137. The van der Waals surface area contributed by atoms with Crippen LogP contribution in [0.1, 0.15) is 17.7 Å². The first-order valence-corrected chi connectivity index (χ1v) is 6.63. The molecule has 0 saturated heterocycles. The molecule has 0 aromatic carbocycles. The third kappa shape index (κ3) is 3.52. The Hall–Kier alpha value is -2.53. The van der Waals surface area contributed by atoms with Crippen molar-refractivity contribution >= 4 is 29.2 Å². The maximum absolute atomic E-state index is 8.99. The Labute approximate surface area is 126 Å².